The largest absolute Gasteiger partial charge is 0.439 e. The first kappa shape index (κ1) is 20.8. The number of benzene rings is 2. The van der Waals surface area contributed by atoms with Crippen LogP contribution in [0.1, 0.15) is 10.4 Å². The van der Waals surface area contributed by atoms with E-state index in [1.54, 1.807) is 36.5 Å². The fourth-order valence-electron chi connectivity index (χ4n) is 3.73. The summed E-state index contributed by atoms with van der Waals surface area (Å²) in [7, 11) is 0. The van der Waals surface area contributed by atoms with Gasteiger partial charge < -0.3 is 20.0 Å². The lowest BCUT2D eigenvalue weighted by molar-refractivity contribution is 0.102. The highest BCUT2D eigenvalue weighted by atomic mass is 32.1. The quantitative estimate of drug-likeness (QED) is 0.299. The third-order valence-electron chi connectivity index (χ3n) is 5.43. The van der Waals surface area contributed by atoms with Gasteiger partial charge in [-0.1, -0.05) is 18.2 Å². The van der Waals surface area contributed by atoms with Gasteiger partial charge in [-0.15, -0.1) is 11.3 Å². The van der Waals surface area contributed by atoms with E-state index in [0.717, 1.165) is 16.4 Å². The van der Waals surface area contributed by atoms with Crippen molar-refractivity contribution in [2.24, 2.45) is 0 Å². The molecule has 0 saturated heterocycles. The minimum atomic E-state index is -0.274. The fraction of sp³-hybridized carbons (Fsp3) is 0. The zero-order valence-electron chi connectivity index (χ0n) is 18.1. The molecule has 170 valence electrons. The SMILES string of the molecule is O=C(Nc1ccc(Oc2ccccc2)nc1)c1ccc2[nH]c(-c3nc4cscc4[nH]c3=O)cc2c1. The van der Waals surface area contributed by atoms with Crippen molar-refractivity contribution in [2.75, 3.05) is 5.32 Å². The Morgan fingerprint density at radius 2 is 1.83 bits per heavy atom. The molecule has 0 aliphatic rings. The molecule has 4 aromatic heterocycles. The minimum Gasteiger partial charge on any atom is -0.439 e. The molecule has 8 nitrogen and oxygen atoms in total. The van der Waals surface area contributed by atoms with Crippen LogP contribution in [0.4, 0.5) is 5.69 Å². The van der Waals surface area contributed by atoms with E-state index >= 15 is 0 Å². The van der Waals surface area contributed by atoms with Crippen LogP contribution in [-0.2, 0) is 0 Å². The number of H-pyrrole nitrogens is 2. The summed E-state index contributed by atoms with van der Waals surface area (Å²) in [6, 6.07) is 19.9. The Kier molecular flexibility index (Phi) is 5.08. The summed E-state index contributed by atoms with van der Waals surface area (Å²) in [6.07, 6.45) is 1.54. The standard InChI is InChI=1S/C26H17N5O3S/c32-25(28-17-7-9-23(27-12-17)34-18-4-2-1-3-5-18)15-6-8-19-16(10-15)11-20(29-19)24-26(33)31-22-14-35-13-21(22)30-24/h1-14,29H,(H,28,32)(H,31,33). The van der Waals surface area contributed by atoms with Crippen molar-refractivity contribution < 1.29 is 9.53 Å². The van der Waals surface area contributed by atoms with Crippen molar-refractivity contribution in [1.29, 1.82) is 0 Å². The lowest BCUT2D eigenvalue weighted by atomic mass is 10.1. The van der Waals surface area contributed by atoms with E-state index in [0.29, 0.717) is 39.8 Å². The zero-order valence-corrected chi connectivity index (χ0v) is 18.9. The van der Waals surface area contributed by atoms with Gasteiger partial charge in [-0.3, -0.25) is 9.59 Å². The average molecular weight is 480 g/mol. The molecule has 35 heavy (non-hydrogen) atoms. The van der Waals surface area contributed by atoms with Crippen LogP contribution in [0.15, 0.2) is 88.5 Å². The van der Waals surface area contributed by atoms with Crippen LogP contribution in [0.2, 0.25) is 0 Å². The average Bonchev–Trinajstić information content (AvgIpc) is 3.51. The summed E-state index contributed by atoms with van der Waals surface area (Å²) < 4.78 is 5.68. The number of aromatic nitrogens is 4. The molecule has 0 bridgehead atoms. The van der Waals surface area contributed by atoms with Gasteiger partial charge in [0.05, 0.1) is 28.6 Å². The molecule has 0 saturated carbocycles. The second kappa shape index (κ2) is 8.54. The van der Waals surface area contributed by atoms with Crippen molar-refractivity contribution in [3.63, 3.8) is 0 Å². The lowest BCUT2D eigenvalue weighted by Crippen LogP contribution is -2.11. The van der Waals surface area contributed by atoms with Gasteiger partial charge >= 0.3 is 0 Å². The maximum absolute atomic E-state index is 12.8. The van der Waals surface area contributed by atoms with E-state index in [-0.39, 0.29) is 11.5 Å². The molecule has 6 rings (SSSR count). The number of ether oxygens (including phenoxy) is 1. The Morgan fingerprint density at radius 3 is 2.66 bits per heavy atom. The van der Waals surface area contributed by atoms with Gasteiger partial charge in [0.2, 0.25) is 5.88 Å². The first-order valence-electron chi connectivity index (χ1n) is 10.7. The topological polar surface area (TPSA) is 113 Å². The van der Waals surface area contributed by atoms with E-state index in [1.165, 1.54) is 11.3 Å². The Morgan fingerprint density at radius 1 is 0.943 bits per heavy atom. The van der Waals surface area contributed by atoms with E-state index in [9.17, 15) is 9.59 Å². The highest BCUT2D eigenvalue weighted by molar-refractivity contribution is 7.09. The van der Waals surface area contributed by atoms with Crippen LogP contribution < -0.4 is 15.6 Å². The van der Waals surface area contributed by atoms with E-state index in [4.69, 9.17) is 4.74 Å². The summed E-state index contributed by atoms with van der Waals surface area (Å²) in [6.45, 7) is 0. The van der Waals surface area contributed by atoms with Crippen molar-refractivity contribution >= 4 is 44.9 Å². The fourth-order valence-corrected chi connectivity index (χ4v) is 4.43. The van der Waals surface area contributed by atoms with Gasteiger partial charge in [0.15, 0.2) is 5.69 Å². The summed E-state index contributed by atoms with van der Waals surface area (Å²) in [5, 5.41) is 7.37. The molecular weight excluding hydrogens is 462 g/mol. The summed E-state index contributed by atoms with van der Waals surface area (Å²) in [5.74, 6) is 0.840. The molecule has 6 aromatic rings. The van der Waals surface area contributed by atoms with E-state index in [1.807, 2.05) is 47.2 Å². The maximum atomic E-state index is 12.8. The van der Waals surface area contributed by atoms with Crippen molar-refractivity contribution in [3.05, 3.63) is 99.6 Å². The molecule has 0 aliphatic heterocycles. The molecule has 0 radical (unpaired) electrons. The third kappa shape index (κ3) is 4.16. The highest BCUT2D eigenvalue weighted by Crippen LogP contribution is 2.25. The molecule has 9 heteroatoms. The number of nitrogens with one attached hydrogen (secondary N) is 3. The number of rotatable bonds is 5. The number of hydrogen-bond donors (Lipinski definition) is 3. The second-order valence-electron chi connectivity index (χ2n) is 7.82. The Hall–Kier alpha value is -4.76. The van der Waals surface area contributed by atoms with Crippen LogP contribution in [0.5, 0.6) is 11.6 Å². The first-order valence-corrected chi connectivity index (χ1v) is 11.7. The van der Waals surface area contributed by atoms with Crippen molar-refractivity contribution in [2.45, 2.75) is 0 Å². The van der Waals surface area contributed by atoms with E-state index in [2.05, 4.69) is 25.3 Å². The van der Waals surface area contributed by atoms with Gasteiger partial charge in [-0.25, -0.2) is 9.97 Å². The number of anilines is 1. The van der Waals surface area contributed by atoms with E-state index < -0.39 is 0 Å². The number of fused-ring (bicyclic) bond motifs is 2. The molecule has 4 heterocycles. The molecule has 3 N–H and O–H groups in total. The number of para-hydroxylation sites is 1. The van der Waals surface area contributed by atoms with Gasteiger partial charge in [-0.05, 0) is 42.5 Å². The Bertz CT molecular complexity index is 1740. The number of hydrogen-bond acceptors (Lipinski definition) is 6. The summed E-state index contributed by atoms with van der Waals surface area (Å²) in [4.78, 5) is 40.1. The lowest BCUT2D eigenvalue weighted by Gasteiger charge is -2.07. The number of thiophene rings is 1. The maximum Gasteiger partial charge on any atom is 0.276 e. The number of nitrogens with zero attached hydrogens (tertiary/aromatic N) is 2. The monoisotopic (exact) mass is 479 g/mol. The van der Waals surface area contributed by atoms with Crippen LogP contribution >= 0.6 is 11.3 Å². The van der Waals surface area contributed by atoms with Crippen LogP contribution in [0, 0.1) is 0 Å². The van der Waals surface area contributed by atoms with Crippen LogP contribution in [0.25, 0.3) is 33.3 Å². The normalized spacial score (nSPS) is 11.1. The molecule has 0 unspecified atom stereocenters. The van der Waals surface area contributed by atoms with Gasteiger partial charge in [0, 0.05) is 33.3 Å². The molecule has 1 amide bonds. The first-order chi connectivity index (χ1) is 17.1. The Balaban J connectivity index is 1.21. The molecule has 0 aliphatic carbocycles. The highest BCUT2D eigenvalue weighted by Gasteiger charge is 2.13. The predicted molar refractivity (Wildman–Crippen MR) is 136 cm³/mol. The van der Waals surface area contributed by atoms with Crippen LogP contribution in [0.3, 0.4) is 0 Å². The van der Waals surface area contributed by atoms with Crippen molar-refractivity contribution in [3.8, 4) is 23.0 Å². The number of amides is 1. The smallest absolute Gasteiger partial charge is 0.276 e. The summed E-state index contributed by atoms with van der Waals surface area (Å²) >= 11 is 1.48. The molecule has 2 aromatic carbocycles. The predicted octanol–water partition coefficient (Wildman–Crippen LogP) is 5.57. The number of carbonyl (C=O) groups excluding carboxylic acids is 1. The Labute approximate surface area is 202 Å². The van der Waals surface area contributed by atoms with Crippen LogP contribution in [-0.4, -0.2) is 25.8 Å². The number of carbonyl (C=O) groups is 1. The zero-order chi connectivity index (χ0) is 23.8. The minimum absolute atomic E-state index is 0.271. The summed E-state index contributed by atoms with van der Waals surface area (Å²) in [5.41, 5.74) is 3.89. The van der Waals surface area contributed by atoms with Crippen molar-refractivity contribution in [1.82, 2.24) is 19.9 Å². The number of aromatic amines is 2. The third-order valence-corrected chi connectivity index (χ3v) is 6.17. The molecular formula is C26H17N5O3S. The molecule has 0 fully saturated rings. The molecule has 0 atom stereocenters. The van der Waals surface area contributed by atoms with Gasteiger partial charge in [0.25, 0.3) is 11.5 Å². The number of pyridine rings is 1. The van der Waals surface area contributed by atoms with Gasteiger partial charge in [0.1, 0.15) is 5.75 Å². The second-order valence-corrected chi connectivity index (χ2v) is 8.57. The van der Waals surface area contributed by atoms with Gasteiger partial charge in [-0.2, -0.15) is 0 Å². The molecule has 0 spiro atoms.